The number of H-pyrrole nitrogens is 1. The summed E-state index contributed by atoms with van der Waals surface area (Å²) in [5.74, 6) is -0.173. The lowest BCUT2D eigenvalue weighted by Crippen LogP contribution is -2.27. The van der Waals surface area contributed by atoms with Gasteiger partial charge in [-0.15, -0.1) is 3.89 Å². The molecular weight excluding hydrogens is 305 g/mol. The van der Waals surface area contributed by atoms with Crippen molar-refractivity contribution in [3.8, 4) is 0 Å². The first-order valence-electron chi connectivity index (χ1n) is 4.32. The molecule has 1 saturated heterocycles. The van der Waals surface area contributed by atoms with Gasteiger partial charge < -0.3 is 0 Å². The van der Waals surface area contributed by atoms with E-state index in [1.807, 2.05) is 0 Å². The Kier molecular flexibility index (Phi) is 2.74. The van der Waals surface area contributed by atoms with Gasteiger partial charge in [-0.25, -0.2) is 0 Å². The number of rotatable bonds is 2. The number of hydrogen-bond acceptors (Lipinski definition) is 4. The number of hydrogen-bond donors (Lipinski definition) is 1. The predicted molar refractivity (Wildman–Crippen MR) is 57.1 cm³/mol. The second kappa shape index (κ2) is 3.81. The average Bonchev–Trinajstić information content (AvgIpc) is 2.70. The molecule has 1 atom stereocenters. The van der Waals surface area contributed by atoms with Crippen LogP contribution in [0.25, 0.3) is 0 Å². The number of nitrogens with zero attached hydrogens (tertiary/aromatic N) is 2. The first-order valence-corrected chi connectivity index (χ1v) is 6.56. The minimum absolute atomic E-state index is 0.199. The summed E-state index contributed by atoms with van der Waals surface area (Å²) in [6.07, 6.45) is -0.344. The van der Waals surface area contributed by atoms with Gasteiger partial charge in [0.15, 0.2) is 5.82 Å². The third kappa shape index (κ3) is 2.09. The van der Waals surface area contributed by atoms with E-state index in [2.05, 4.69) is 26.1 Å². The maximum absolute atomic E-state index is 12.7. The third-order valence-corrected chi connectivity index (χ3v) is 3.82. The van der Waals surface area contributed by atoms with Gasteiger partial charge in [-0.1, -0.05) is 0 Å². The van der Waals surface area contributed by atoms with Crippen molar-refractivity contribution in [1.29, 1.82) is 0 Å². The molecule has 0 radical (unpaired) electrons. The second-order valence-electron chi connectivity index (χ2n) is 3.38. The molecule has 0 aliphatic carbocycles. The van der Waals surface area contributed by atoms with Gasteiger partial charge in [0, 0.05) is 19.0 Å². The standard InChI is InChI=1S/C7H7BrFN3O3S/c8-5-2-6(11-10-5)12-3-4(1-7(12)13)16(9,14)15/h2,4H,1,3H2,(H,10,11). The monoisotopic (exact) mass is 311 g/mol. The Balaban J connectivity index is 2.24. The number of amides is 1. The molecular formula is C7H7BrFN3O3S. The molecule has 1 N–H and O–H groups in total. The Labute approximate surface area is 99.2 Å². The fourth-order valence-corrected chi connectivity index (χ4v) is 2.47. The molecule has 0 saturated carbocycles. The molecule has 9 heteroatoms. The summed E-state index contributed by atoms with van der Waals surface area (Å²) in [7, 11) is -4.68. The van der Waals surface area contributed by atoms with Crippen molar-refractivity contribution in [2.45, 2.75) is 11.7 Å². The highest BCUT2D eigenvalue weighted by molar-refractivity contribution is 9.10. The van der Waals surface area contributed by atoms with Crippen molar-refractivity contribution in [1.82, 2.24) is 10.2 Å². The van der Waals surface area contributed by atoms with Gasteiger partial charge in [-0.2, -0.15) is 13.5 Å². The largest absolute Gasteiger partial charge is 0.307 e. The van der Waals surface area contributed by atoms with Crippen LogP contribution in [-0.4, -0.2) is 36.3 Å². The van der Waals surface area contributed by atoms with E-state index in [9.17, 15) is 17.1 Å². The third-order valence-electron chi connectivity index (χ3n) is 2.30. The van der Waals surface area contributed by atoms with Crippen LogP contribution in [0.1, 0.15) is 6.42 Å². The molecule has 16 heavy (non-hydrogen) atoms. The Morgan fingerprint density at radius 3 is 2.75 bits per heavy atom. The zero-order valence-electron chi connectivity index (χ0n) is 7.85. The predicted octanol–water partition coefficient (Wildman–Crippen LogP) is 0.577. The van der Waals surface area contributed by atoms with Crippen LogP contribution in [0, 0.1) is 0 Å². The number of carbonyl (C=O) groups excluding carboxylic acids is 1. The fourth-order valence-electron chi connectivity index (χ4n) is 1.51. The van der Waals surface area contributed by atoms with Crippen molar-refractivity contribution in [2.24, 2.45) is 0 Å². The number of halogens is 2. The zero-order chi connectivity index (χ0) is 11.9. The summed E-state index contributed by atoms with van der Waals surface area (Å²) in [4.78, 5) is 12.6. The van der Waals surface area contributed by atoms with Crippen LogP contribution in [0.3, 0.4) is 0 Å². The first kappa shape index (κ1) is 11.5. The highest BCUT2D eigenvalue weighted by Gasteiger charge is 2.39. The van der Waals surface area contributed by atoms with E-state index in [4.69, 9.17) is 0 Å². The Hall–Kier alpha value is -0.960. The van der Waals surface area contributed by atoms with E-state index in [1.54, 1.807) is 0 Å². The van der Waals surface area contributed by atoms with E-state index in [0.717, 1.165) is 4.90 Å². The molecule has 0 spiro atoms. The van der Waals surface area contributed by atoms with E-state index in [0.29, 0.717) is 4.60 Å². The molecule has 1 aromatic heterocycles. The summed E-state index contributed by atoms with van der Waals surface area (Å²) in [5, 5.41) is 5.03. The van der Waals surface area contributed by atoms with Crippen molar-refractivity contribution >= 4 is 37.9 Å². The van der Waals surface area contributed by atoms with Crippen LogP contribution < -0.4 is 4.90 Å². The number of nitrogens with one attached hydrogen (secondary N) is 1. The van der Waals surface area contributed by atoms with E-state index in [1.165, 1.54) is 6.07 Å². The Morgan fingerprint density at radius 1 is 1.62 bits per heavy atom. The Bertz CT molecular complexity index is 529. The number of aromatic nitrogens is 2. The van der Waals surface area contributed by atoms with Crippen LogP contribution in [-0.2, 0) is 15.0 Å². The van der Waals surface area contributed by atoms with Crippen LogP contribution in [0.2, 0.25) is 0 Å². The van der Waals surface area contributed by atoms with Gasteiger partial charge in [0.2, 0.25) is 5.91 Å². The lowest BCUT2D eigenvalue weighted by atomic mass is 10.4. The van der Waals surface area contributed by atoms with E-state index in [-0.39, 0.29) is 18.8 Å². The zero-order valence-corrected chi connectivity index (χ0v) is 10.3. The highest BCUT2D eigenvalue weighted by atomic mass is 79.9. The lowest BCUT2D eigenvalue weighted by Gasteiger charge is -2.11. The van der Waals surface area contributed by atoms with Crippen molar-refractivity contribution in [3.63, 3.8) is 0 Å². The molecule has 0 aromatic carbocycles. The maximum atomic E-state index is 12.7. The smallest absolute Gasteiger partial charge is 0.294 e. The maximum Gasteiger partial charge on any atom is 0.307 e. The summed E-state index contributed by atoms with van der Waals surface area (Å²) in [6.45, 7) is -0.199. The summed E-state index contributed by atoms with van der Waals surface area (Å²) in [5.41, 5.74) is 0. The van der Waals surface area contributed by atoms with Crippen molar-refractivity contribution < 1.29 is 17.1 Å². The lowest BCUT2D eigenvalue weighted by molar-refractivity contribution is -0.117. The first-order chi connectivity index (χ1) is 7.38. The van der Waals surface area contributed by atoms with Crippen LogP contribution in [0.4, 0.5) is 9.70 Å². The molecule has 1 aliphatic heterocycles. The van der Waals surface area contributed by atoms with Gasteiger partial charge in [-0.3, -0.25) is 14.8 Å². The minimum Gasteiger partial charge on any atom is -0.294 e. The second-order valence-corrected chi connectivity index (χ2v) is 5.85. The molecule has 1 fully saturated rings. The van der Waals surface area contributed by atoms with E-state index >= 15 is 0 Å². The SMILES string of the molecule is O=C1CC(S(=O)(=O)F)CN1c1cc(Br)[nH]n1. The van der Waals surface area contributed by atoms with Crippen molar-refractivity contribution in [3.05, 3.63) is 10.7 Å². The van der Waals surface area contributed by atoms with Gasteiger partial charge in [0.05, 0.1) is 0 Å². The summed E-state index contributed by atoms with van der Waals surface area (Å²) < 4.78 is 34.6. The Morgan fingerprint density at radius 2 is 2.31 bits per heavy atom. The number of carbonyl (C=O) groups is 1. The van der Waals surface area contributed by atoms with Crippen LogP contribution >= 0.6 is 15.9 Å². The molecule has 2 rings (SSSR count). The quantitative estimate of drug-likeness (QED) is 0.810. The number of aromatic amines is 1. The van der Waals surface area contributed by atoms with E-state index < -0.39 is 21.4 Å². The van der Waals surface area contributed by atoms with Crippen LogP contribution in [0.15, 0.2) is 10.7 Å². The molecule has 1 aromatic rings. The average molecular weight is 312 g/mol. The number of anilines is 1. The minimum atomic E-state index is -4.68. The normalized spacial score (nSPS) is 21.8. The molecule has 1 aliphatic rings. The molecule has 2 heterocycles. The molecule has 1 amide bonds. The summed E-state index contributed by atoms with van der Waals surface area (Å²) in [6, 6.07) is 1.52. The topological polar surface area (TPSA) is 83.1 Å². The molecule has 88 valence electrons. The van der Waals surface area contributed by atoms with Crippen molar-refractivity contribution in [2.75, 3.05) is 11.4 Å². The van der Waals surface area contributed by atoms with Gasteiger partial charge in [-0.05, 0) is 15.9 Å². The molecule has 6 nitrogen and oxygen atoms in total. The van der Waals surface area contributed by atoms with Gasteiger partial charge >= 0.3 is 10.2 Å². The summed E-state index contributed by atoms with van der Waals surface area (Å²) >= 11 is 3.11. The molecule has 1 unspecified atom stereocenters. The van der Waals surface area contributed by atoms with Gasteiger partial charge in [0.25, 0.3) is 0 Å². The fraction of sp³-hybridized carbons (Fsp3) is 0.429. The van der Waals surface area contributed by atoms with Crippen LogP contribution in [0.5, 0.6) is 0 Å². The highest BCUT2D eigenvalue weighted by Crippen LogP contribution is 2.25. The molecule has 0 bridgehead atoms. The van der Waals surface area contributed by atoms with Gasteiger partial charge in [0.1, 0.15) is 9.85 Å².